The third-order valence-corrected chi connectivity index (χ3v) is 13.8. The molecule has 0 spiro atoms. The van der Waals surface area contributed by atoms with Gasteiger partial charge in [0.25, 0.3) is 0 Å². The predicted molar refractivity (Wildman–Crippen MR) is 217 cm³/mol. The van der Waals surface area contributed by atoms with Gasteiger partial charge in [0.2, 0.25) is 0 Å². The Morgan fingerprint density at radius 3 is 2.33 bits per heavy atom. The van der Waals surface area contributed by atoms with Crippen LogP contribution in [0.5, 0.6) is 0 Å². The molecule has 279 valence electrons. The van der Waals surface area contributed by atoms with Crippen molar-refractivity contribution in [3.05, 3.63) is 138 Å². The molecule has 3 aromatic heterocycles. The molecule has 7 aromatic rings. The van der Waals surface area contributed by atoms with Crippen molar-refractivity contribution in [3.8, 4) is 33.6 Å². The number of benzene rings is 4. The molecule has 1 saturated carbocycles. The molecule has 3 nitrogen and oxygen atoms in total. The van der Waals surface area contributed by atoms with E-state index in [2.05, 4.69) is 69.7 Å². The number of hydrogen-bond donors (Lipinski definition) is 0. The Balaban J connectivity index is 0.000000203. The number of hydrogen-bond acceptors (Lipinski definition) is 3. The molecule has 4 aromatic carbocycles. The minimum absolute atomic E-state index is 0. The van der Waals surface area contributed by atoms with E-state index in [1.807, 2.05) is 56.3 Å². The standard InChI is InChI=1S/C29H24NO.C18H22F2GeN.Ir/c1-2-9-22(10-3-1)23-13-14-24-25-11-6-12-26(29(25)31-28(24)19-23)27-18-21(15-16-30-27)17-20-7-4-5-8-20;1-12(2)8-13-9-18(22-11-17(13)21(3,4)5)15-7-6-14(19)10-16(15)20;/h1-3,6,9-11,13-16,18-20H,4-5,7-8,17H2;6,9-12H,8H2,1-5H3;/q2*-1;/i17D2;8D2;. The van der Waals surface area contributed by atoms with Gasteiger partial charge in [-0.15, -0.1) is 18.2 Å². The molecule has 0 bridgehead atoms. The van der Waals surface area contributed by atoms with Gasteiger partial charge in [0.1, 0.15) is 5.58 Å². The third kappa shape index (κ3) is 9.10. The van der Waals surface area contributed by atoms with Crippen LogP contribution in [-0.4, -0.2) is 23.2 Å². The van der Waals surface area contributed by atoms with Gasteiger partial charge in [0, 0.05) is 34.4 Å². The van der Waals surface area contributed by atoms with Crippen LogP contribution < -0.4 is 4.40 Å². The van der Waals surface area contributed by atoms with Gasteiger partial charge >= 0.3 is 136 Å². The van der Waals surface area contributed by atoms with Crippen LogP contribution in [0.15, 0.2) is 108 Å². The maximum absolute atomic E-state index is 14.1. The van der Waals surface area contributed by atoms with Crippen molar-refractivity contribution in [1.82, 2.24) is 9.97 Å². The van der Waals surface area contributed by atoms with E-state index in [0.717, 1.165) is 80.8 Å². The van der Waals surface area contributed by atoms with E-state index in [9.17, 15) is 8.78 Å². The Hall–Kier alpha value is -3.97. The summed E-state index contributed by atoms with van der Waals surface area (Å²) >= 11 is -2.38. The van der Waals surface area contributed by atoms with Crippen LogP contribution in [0.4, 0.5) is 8.78 Å². The molecule has 0 atom stereocenters. The molecule has 8 rings (SSSR count). The van der Waals surface area contributed by atoms with E-state index in [1.54, 1.807) is 18.5 Å². The average molecular weight is 962 g/mol. The molecule has 1 aliphatic carbocycles. The minimum atomic E-state index is -2.38. The van der Waals surface area contributed by atoms with Crippen molar-refractivity contribution >= 4 is 39.6 Å². The summed E-state index contributed by atoms with van der Waals surface area (Å²) in [6.45, 7) is 3.65. The van der Waals surface area contributed by atoms with E-state index in [1.165, 1.54) is 0 Å². The fraction of sp³-hybridized carbons (Fsp3) is 0.277. The van der Waals surface area contributed by atoms with Crippen LogP contribution in [0.25, 0.3) is 55.6 Å². The number of pyridine rings is 2. The molecular weight excluding hydrogens is 911 g/mol. The van der Waals surface area contributed by atoms with Crippen molar-refractivity contribution in [2.75, 3.05) is 0 Å². The van der Waals surface area contributed by atoms with Crippen LogP contribution in [0.3, 0.4) is 0 Å². The molecular formula is C47H46F2GeIrN2O-2. The summed E-state index contributed by atoms with van der Waals surface area (Å²) in [5.74, 6) is 4.89. The normalized spacial score (nSPS) is 14.9. The number of aromatic nitrogens is 2. The van der Waals surface area contributed by atoms with Gasteiger partial charge in [-0.05, 0) is 41.2 Å². The second-order valence-electron chi connectivity index (χ2n) is 15.0. The molecule has 0 aliphatic heterocycles. The van der Waals surface area contributed by atoms with Gasteiger partial charge in [0.05, 0.1) is 5.58 Å². The molecule has 0 unspecified atom stereocenters. The maximum atomic E-state index is 14.1. The van der Waals surface area contributed by atoms with Crippen LogP contribution in [0.1, 0.15) is 56.1 Å². The quantitative estimate of drug-likeness (QED) is 0.113. The van der Waals surface area contributed by atoms with E-state index in [0.29, 0.717) is 16.8 Å². The number of halogens is 2. The van der Waals surface area contributed by atoms with Crippen LogP contribution in [0, 0.1) is 35.6 Å². The molecule has 1 fully saturated rings. The second-order valence-corrected chi connectivity index (χ2v) is 25.6. The van der Waals surface area contributed by atoms with Crippen LogP contribution >= 0.6 is 0 Å². The third-order valence-electron chi connectivity index (χ3n) is 9.55. The first kappa shape index (κ1) is 34.5. The minimum Gasteiger partial charge on any atom is -0.501 e. The van der Waals surface area contributed by atoms with Crippen molar-refractivity contribution in [2.45, 2.75) is 69.5 Å². The largest absolute Gasteiger partial charge is 0.501 e. The zero-order chi connectivity index (χ0) is 40.7. The summed E-state index contributed by atoms with van der Waals surface area (Å²) in [5, 5.41) is 2.07. The number of fused-ring (bicyclic) bond motifs is 3. The Morgan fingerprint density at radius 1 is 0.852 bits per heavy atom. The van der Waals surface area contributed by atoms with Crippen molar-refractivity contribution in [1.29, 1.82) is 0 Å². The molecule has 1 aliphatic rings. The summed E-state index contributed by atoms with van der Waals surface area (Å²) in [5.41, 5.74) is 6.88. The molecule has 0 saturated heterocycles. The van der Waals surface area contributed by atoms with E-state index in [-0.39, 0.29) is 43.2 Å². The van der Waals surface area contributed by atoms with Crippen molar-refractivity contribution < 1.29 is 38.8 Å². The number of nitrogens with zero attached hydrogens (tertiary/aromatic N) is 2. The molecule has 1 radical (unpaired) electrons. The Kier molecular flexibility index (Phi) is 11.0. The van der Waals surface area contributed by atoms with Crippen molar-refractivity contribution in [2.24, 2.45) is 11.8 Å². The topological polar surface area (TPSA) is 38.9 Å². The molecule has 0 amide bonds. The number of furan rings is 1. The fourth-order valence-corrected chi connectivity index (χ4v) is 9.91. The van der Waals surface area contributed by atoms with Crippen LogP contribution in [0.2, 0.25) is 17.3 Å². The van der Waals surface area contributed by atoms with Gasteiger partial charge in [-0.2, -0.15) is 0 Å². The maximum Gasteiger partial charge on any atom is 0.121 e. The monoisotopic (exact) mass is 963 g/mol. The second kappa shape index (κ2) is 17.2. The Morgan fingerprint density at radius 2 is 1.61 bits per heavy atom. The van der Waals surface area contributed by atoms with Crippen LogP contribution in [-0.2, 0) is 32.9 Å². The van der Waals surface area contributed by atoms with Gasteiger partial charge in [-0.25, -0.2) is 0 Å². The van der Waals surface area contributed by atoms with E-state index >= 15 is 0 Å². The Bertz CT molecular complexity index is 2550. The fourth-order valence-electron chi connectivity index (χ4n) is 6.97. The van der Waals surface area contributed by atoms with Gasteiger partial charge in [-0.3, -0.25) is 0 Å². The number of rotatable bonds is 8. The van der Waals surface area contributed by atoms with Gasteiger partial charge < -0.3 is 9.40 Å². The van der Waals surface area contributed by atoms with E-state index < -0.39 is 37.6 Å². The summed E-state index contributed by atoms with van der Waals surface area (Å²) in [6.07, 6.45) is 4.57. The summed E-state index contributed by atoms with van der Waals surface area (Å²) in [7, 11) is 0. The average Bonchev–Trinajstić information content (AvgIpc) is 3.87. The molecule has 3 heterocycles. The molecule has 0 N–H and O–H groups in total. The predicted octanol–water partition coefficient (Wildman–Crippen LogP) is 12.4. The summed E-state index contributed by atoms with van der Waals surface area (Å²) in [6, 6.07) is 33.5. The zero-order valence-corrected chi connectivity index (χ0v) is 35.7. The first-order valence-corrected chi connectivity index (χ1v) is 25.7. The molecule has 54 heavy (non-hydrogen) atoms. The smallest absolute Gasteiger partial charge is 0.121 e. The van der Waals surface area contributed by atoms with Gasteiger partial charge in [0.15, 0.2) is 0 Å². The van der Waals surface area contributed by atoms with Crippen molar-refractivity contribution in [3.63, 3.8) is 0 Å². The zero-order valence-electron chi connectivity index (χ0n) is 35.2. The summed E-state index contributed by atoms with van der Waals surface area (Å²) < 4.78 is 69.1. The first-order chi connectivity index (χ1) is 27.1. The molecule has 7 heteroatoms. The SMILES string of the molecule is [2H]C([2H])(c1cc(-c2[c-]cc(F)cc2F)nc[c]1[Ge]([CH3])([CH3])[CH3])C(C)C.[2H]C([2H])(c1ccnc(-c2[c-]ccc3c2oc2cc(-c4ccccc4)ccc23)c1)C1CCCC1.[Ir]. The van der Waals surface area contributed by atoms with Gasteiger partial charge in [-0.1, -0.05) is 90.7 Å². The summed E-state index contributed by atoms with van der Waals surface area (Å²) in [4.78, 5) is 8.90. The van der Waals surface area contributed by atoms with E-state index in [4.69, 9.17) is 9.90 Å². The Labute approximate surface area is 340 Å². The first-order valence-electron chi connectivity index (χ1n) is 20.3.